The molecule has 2 rings (SSSR count). The van der Waals surface area contributed by atoms with Crippen molar-refractivity contribution in [2.24, 2.45) is 11.8 Å². The van der Waals surface area contributed by atoms with Crippen molar-refractivity contribution in [3.63, 3.8) is 0 Å². The van der Waals surface area contributed by atoms with Gasteiger partial charge in [-0.1, -0.05) is 5.57 Å². The van der Waals surface area contributed by atoms with Crippen LogP contribution in [0.15, 0.2) is 11.6 Å². The van der Waals surface area contributed by atoms with E-state index in [1.54, 1.807) is 0 Å². The average molecular weight is 176 g/mol. The predicted molar refractivity (Wildman–Crippen MR) is 39.6 cm³/mol. The number of fused-ring (bicyclic) bond motifs is 2. The minimum atomic E-state index is -4.10. The lowest BCUT2D eigenvalue weighted by molar-refractivity contribution is -0.0809. The molecule has 0 aromatic heterocycles. The van der Waals surface area contributed by atoms with Crippen molar-refractivity contribution >= 4 is 0 Å². The number of hydrogen-bond acceptors (Lipinski definition) is 0. The molecule has 2 saturated carbocycles. The Morgan fingerprint density at radius 2 is 2.00 bits per heavy atom. The van der Waals surface area contributed by atoms with Crippen LogP contribution in [0.5, 0.6) is 0 Å². The maximum atomic E-state index is 12.0. The number of alkyl halides is 3. The summed E-state index contributed by atoms with van der Waals surface area (Å²) in [6.45, 7) is 0. The molecule has 0 aromatic carbocycles. The Bertz CT molecular complexity index is 214. The van der Waals surface area contributed by atoms with E-state index in [0.29, 0.717) is 24.0 Å². The van der Waals surface area contributed by atoms with Crippen molar-refractivity contribution in [1.29, 1.82) is 0 Å². The molecule has 2 aliphatic carbocycles. The van der Waals surface area contributed by atoms with Crippen LogP contribution in [-0.2, 0) is 0 Å². The first-order valence-corrected chi connectivity index (χ1v) is 4.33. The second-order valence-electron chi connectivity index (χ2n) is 3.84. The fourth-order valence-electron chi connectivity index (χ4n) is 2.48. The van der Waals surface area contributed by atoms with Crippen molar-refractivity contribution in [3.05, 3.63) is 11.6 Å². The molecule has 2 fully saturated rings. The van der Waals surface area contributed by atoms with Crippen molar-refractivity contribution in [2.75, 3.05) is 0 Å². The Hall–Kier alpha value is -0.470. The Morgan fingerprint density at radius 3 is 2.42 bits per heavy atom. The molecule has 12 heavy (non-hydrogen) atoms. The summed E-state index contributed by atoms with van der Waals surface area (Å²) in [5.74, 6) is 0.820. The highest BCUT2D eigenvalue weighted by atomic mass is 19.4. The topological polar surface area (TPSA) is 0 Å². The lowest BCUT2D eigenvalue weighted by Crippen LogP contribution is -2.07. The van der Waals surface area contributed by atoms with Gasteiger partial charge in [0.2, 0.25) is 0 Å². The second-order valence-corrected chi connectivity index (χ2v) is 3.84. The van der Waals surface area contributed by atoms with Crippen molar-refractivity contribution in [3.8, 4) is 0 Å². The van der Waals surface area contributed by atoms with Gasteiger partial charge in [-0.2, -0.15) is 13.2 Å². The summed E-state index contributed by atoms with van der Waals surface area (Å²) < 4.78 is 35.9. The predicted octanol–water partition coefficient (Wildman–Crippen LogP) is 3.30. The number of hydrogen-bond donors (Lipinski definition) is 0. The number of rotatable bonds is 0. The van der Waals surface area contributed by atoms with Gasteiger partial charge in [0.15, 0.2) is 0 Å². The first-order valence-electron chi connectivity index (χ1n) is 4.33. The molecule has 2 bridgehead atoms. The molecule has 3 heteroatoms. The van der Waals surface area contributed by atoms with E-state index in [1.807, 2.05) is 0 Å². The molecule has 0 aliphatic heterocycles. The van der Waals surface area contributed by atoms with Crippen LogP contribution in [0.2, 0.25) is 0 Å². The number of allylic oxidation sites excluding steroid dienone is 2. The molecule has 0 aromatic rings. The molecule has 0 saturated heterocycles. The molecular formula is C9H11F3. The Balaban J connectivity index is 2.12. The summed E-state index contributed by atoms with van der Waals surface area (Å²) in [6, 6.07) is 0. The SMILES string of the molecule is FC(F)(F)C=C1CC2CCC1C2. The zero-order valence-electron chi connectivity index (χ0n) is 6.69. The molecule has 2 atom stereocenters. The summed E-state index contributed by atoms with van der Waals surface area (Å²) in [4.78, 5) is 0. The summed E-state index contributed by atoms with van der Waals surface area (Å²) in [7, 11) is 0. The van der Waals surface area contributed by atoms with Crippen LogP contribution < -0.4 is 0 Å². The van der Waals surface area contributed by atoms with E-state index >= 15 is 0 Å². The van der Waals surface area contributed by atoms with Gasteiger partial charge in [-0.25, -0.2) is 0 Å². The van der Waals surface area contributed by atoms with Crippen LogP contribution in [0.4, 0.5) is 13.2 Å². The van der Waals surface area contributed by atoms with Crippen LogP contribution in [0.25, 0.3) is 0 Å². The highest BCUT2D eigenvalue weighted by Gasteiger charge is 2.38. The Morgan fingerprint density at radius 1 is 1.25 bits per heavy atom. The third-order valence-electron chi connectivity index (χ3n) is 2.94. The molecule has 0 amide bonds. The highest BCUT2D eigenvalue weighted by Crippen LogP contribution is 2.48. The van der Waals surface area contributed by atoms with Gasteiger partial charge in [-0.3, -0.25) is 0 Å². The smallest absolute Gasteiger partial charge is 0.167 e. The zero-order chi connectivity index (χ0) is 8.77. The minimum Gasteiger partial charge on any atom is -0.167 e. The van der Waals surface area contributed by atoms with Crippen LogP contribution in [0.3, 0.4) is 0 Å². The van der Waals surface area contributed by atoms with Crippen LogP contribution in [0.1, 0.15) is 25.7 Å². The van der Waals surface area contributed by atoms with Gasteiger partial charge < -0.3 is 0 Å². The van der Waals surface area contributed by atoms with Gasteiger partial charge in [0.1, 0.15) is 0 Å². The summed E-state index contributed by atoms with van der Waals surface area (Å²) in [5.41, 5.74) is 0.652. The standard InChI is InChI=1S/C9H11F3/c10-9(11,12)5-8-4-6-1-2-7(8)3-6/h5-7H,1-4H2. The van der Waals surface area contributed by atoms with E-state index in [9.17, 15) is 13.2 Å². The van der Waals surface area contributed by atoms with Gasteiger partial charge in [-0.05, 0) is 37.5 Å². The average Bonchev–Trinajstić information content (AvgIpc) is 2.42. The fraction of sp³-hybridized carbons (Fsp3) is 0.778. The molecule has 0 heterocycles. The highest BCUT2D eigenvalue weighted by molar-refractivity contribution is 5.18. The maximum Gasteiger partial charge on any atom is 0.409 e. The fourth-order valence-corrected chi connectivity index (χ4v) is 2.48. The van der Waals surface area contributed by atoms with E-state index in [0.717, 1.165) is 19.3 Å². The van der Waals surface area contributed by atoms with E-state index < -0.39 is 6.18 Å². The molecule has 0 N–H and O–H groups in total. The summed E-state index contributed by atoms with van der Waals surface area (Å²) >= 11 is 0. The molecule has 68 valence electrons. The first-order chi connectivity index (χ1) is 5.54. The van der Waals surface area contributed by atoms with Gasteiger partial charge in [0, 0.05) is 6.08 Å². The van der Waals surface area contributed by atoms with Crippen molar-refractivity contribution in [2.45, 2.75) is 31.9 Å². The Labute approximate surface area is 69.5 Å². The van der Waals surface area contributed by atoms with Crippen LogP contribution >= 0.6 is 0 Å². The van der Waals surface area contributed by atoms with E-state index in [1.165, 1.54) is 0 Å². The van der Waals surface area contributed by atoms with E-state index in [2.05, 4.69) is 0 Å². The molecule has 0 nitrogen and oxygen atoms in total. The van der Waals surface area contributed by atoms with Gasteiger partial charge >= 0.3 is 6.18 Å². The lowest BCUT2D eigenvalue weighted by atomic mass is 9.94. The van der Waals surface area contributed by atoms with Crippen molar-refractivity contribution in [1.82, 2.24) is 0 Å². The largest absolute Gasteiger partial charge is 0.409 e. The maximum absolute atomic E-state index is 12.0. The van der Waals surface area contributed by atoms with Crippen molar-refractivity contribution < 1.29 is 13.2 Å². The molecule has 0 radical (unpaired) electrons. The zero-order valence-corrected chi connectivity index (χ0v) is 6.69. The monoisotopic (exact) mass is 176 g/mol. The van der Waals surface area contributed by atoms with Crippen LogP contribution in [-0.4, -0.2) is 6.18 Å². The summed E-state index contributed by atoms with van der Waals surface area (Å²) in [6.07, 6.45) is 0.245. The quantitative estimate of drug-likeness (QED) is 0.497. The van der Waals surface area contributed by atoms with Gasteiger partial charge in [-0.15, -0.1) is 0 Å². The van der Waals surface area contributed by atoms with E-state index in [4.69, 9.17) is 0 Å². The van der Waals surface area contributed by atoms with Gasteiger partial charge in [0.25, 0.3) is 0 Å². The van der Waals surface area contributed by atoms with Crippen LogP contribution in [0, 0.1) is 11.8 Å². The molecular weight excluding hydrogens is 165 g/mol. The Kier molecular flexibility index (Phi) is 1.70. The van der Waals surface area contributed by atoms with Gasteiger partial charge in [0.05, 0.1) is 0 Å². The third-order valence-corrected chi connectivity index (χ3v) is 2.94. The minimum absolute atomic E-state index is 0.261. The molecule has 0 spiro atoms. The number of halogens is 3. The normalized spacial score (nSPS) is 38.1. The second kappa shape index (κ2) is 2.51. The first kappa shape index (κ1) is 8.14. The summed E-state index contributed by atoms with van der Waals surface area (Å²) in [5, 5.41) is 0. The third kappa shape index (κ3) is 1.50. The molecule has 2 aliphatic rings. The van der Waals surface area contributed by atoms with E-state index in [-0.39, 0.29) is 5.92 Å². The molecule has 2 unspecified atom stereocenters. The lowest BCUT2D eigenvalue weighted by Gasteiger charge is -2.13.